The summed E-state index contributed by atoms with van der Waals surface area (Å²) in [6.45, 7) is 4.84. The second-order valence-electron chi connectivity index (χ2n) is 5.28. The highest BCUT2D eigenvalue weighted by Crippen LogP contribution is 2.35. The Labute approximate surface area is 109 Å². The van der Waals surface area contributed by atoms with Crippen LogP contribution in [0.25, 0.3) is 0 Å². The summed E-state index contributed by atoms with van der Waals surface area (Å²) in [5.74, 6) is 1.06. The van der Waals surface area contributed by atoms with Crippen molar-refractivity contribution in [3.05, 3.63) is 29.3 Å². The van der Waals surface area contributed by atoms with Crippen molar-refractivity contribution >= 4 is 0 Å². The number of nitrogens with zero attached hydrogens (tertiary/aromatic N) is 1. The summed E-state index contributed by atoms with van der Waals surface area (Å²) in [4.78, 5) is 2.55. The minimum absolute atomic E-state index is 0.369. The standard InChI is InChI=1S/C15H22N2O/c1-2-17(13-4-5-13)14(10-16)11-3-6-15-12(9-11)7-8-18-15/h3,6,9,13-14H,2,4-5,7-8,10,16H2,1H3. The van der Waals surface area contributed by atoms with Gasteiger partial charge in [0, 0.05) is 25.0 Å². The molecule has 0 aromatic heterocycles. The molecule has 3 rings (SSSR count). The largest absolute Gasteiger partial charge is 0.493 e. The van der Waals surface area contributed by atoms with Gasteiger partial charge in [-0.1, -0.05) is 19.1 Å². The third-order valence-electron chi connectivity index (χ3n) is 4.10. The first-order chi connectivity index (χ1) is 8.83. The zero-order valence-corrected chi connectivity index (χ0v) is 11.1. The monoisotopic (exact) mass is 246 g/mol. The van der Waals surface area contributed by atoms with E-state index in [1.54, 1.807) is 0 Å². The third kappa shape index (κ3) is 2.13. The van der Waals surface area contributed by atoms with E-state index in [-0.39, 0.29) is 0 Å². The summed E-state index contributed by atoms with van der Waals surface area (Å²) < 4.78 is 5.57. The van der Waals surface area contributed by atoms with Crippen LogP contribution in [0.15, 0.2) is 18.2 Å². The summed E-state index contributed by atoms with van der Waals surface area (Å²) in [6.07, 6.45) is 3.70. The fraction of sp³-hybridized carbons (Fsp3) is 0.600. The Kier molecular flexibility index (Phi) is 3.27. The molecule has 2 aliphatic rings. The van der Waals surface area contributed by atoms with E-state index >= 15 is 0 Å². The Morgan fingerprint density at radius 1 is 1.44 bits per heavy atom. The molecule has 3 nitrogen and oxygen atoms in total. The SMILES string of the molecule is CCN(C1CC1)C(CN)c1ccc2c(c1)CCO2. The molecule has 2 N–H and O–H groups in total. The zero-order valence-electron chi connectivity index (χ0n) is 11.1. The molecule has 0 amide bonds. The van der Waals surface area contributed by atoms with E-state index in [9.17, 15) is 0 Å². The molecule has 1 aromatic rings. The lowest BCUT2D eigenvalue weighted by molar-refractivity contribution is 0.202. The maximum absolute atomic E-state index is 6.02. The van der Waals surface area contributed by atoms with Gasteiger partial charge in [-0.2, -0.15) is 0 Å². The topological polar surface area (TPSA) is 38.5 Å². The second-order valence-corrected chi connectivity index (χ2v) is 5.28. The van der Waals surface area contributed by atoms with E-state index in [2.05, 4.69) is 30.0 Å². The molecule has 1 saturated carbocycles. The van der Waals surface area contributed by atoms with Crippen LogP contribution in [0.4, 0.5) is 0 Å². The van der Waals surface area contributed by atoms with Crippen molar-refractivity contribution in [3.63, 3.8) is 0 Å². The molecule has 1 heterocycles. The summed E-state index contributed by atoms with van der Waals surface area (Å²) in [5, 5.41) is 0. The van der Waals surface area contributed by atoms with Crippen LogP contribution < -0.4 is 10.5 Å². The number of rotatable bonds is 5. The van der Waals surface area contributed by atoms with Gasteiger partial charge in [0.1, 0.15) is 5.75 Å². The molecule has 1 aliphatic heterocycles. The first-order valence-corrected chi connectivity index (χ1v) is 7.05. The van der Waals surface area contributed by atoms with Gasteiger partial charge < -0.3 is 10.5 Å². The van der Waals surface area contributed by atoms with Gasteiger partial charge in [0.25, 0.3) is 0 Å². The van der Waals surface area contributed by atoms with Crippen LogP contribution in [0, 0.1) is 0 Å². The van der Waals surface area contributed by atoms with Crippen LogP contribution in [0.2, 0.25) is 0 Å². The summed E-state index contributed by atoms with van der Waals surface area (Å²) >= 11 is 0. The molecule has 0 radical (unpaired) electrons. The molecular weight excluding hydrogens is 224 g/mol. The van der Waals surface area contributed by atoms with Crippen LogP contribution in [-0.2, 0) is 6.42 Å². The first-order valence-electron chi connectivity index (χ1n) is 7.05. The van der Waals surface area contributed by atoms with E-state index in [1.807, 2.05) is 0 Å². The number of fused-ring (bicyclic) bond motifs is 1. The van der Waals surface area contributed by atoms with Crippen LogP contribution in [0.3, 0.4) is 0 Å². The number of hydrogen-bond donors (Lipinski definition) is 1. The van der Waals surface area contributed by atoms with Crippen LogP contribution in [-0.4, -0.2) is 30.6 Å². The molecule has 18 heavy (non-hydrogen) atoms. The lowest BCUT2D eigenvalue weighted by Gasteiger charge is -2.30. The van der Waals surface area contributed by atoms with E-state index in [0.29, 0.717) is 12.6 Å². The summed E-state index contributed by atoms with van der Waals surface area (Å²) in [5.41, 5.74) is 8.72. The molecule has 0 spiro atoms. The van der Waals surface area contributed by atoms with Gasteiger partial charge >= 0.3 is 0 Å². The molecular formula is C15H22N2O. The van der Waals surface area contributed by atoms with E-state index in [0.717, 1.165) is 31.4 Å². The smallest absolute Gasteiger partial charge is 0.122 e. The minimum Gasteiger partial charge on any atom is -0.493 e. The maximum atomic E-state index is 6.02. The molecule has 98 valence electrons. The maximum Gasteiger partial charge on any atom is 0.122 e. The molecule has 1 aliphatic carbocycles. The average Bonchev–Trinajstić information content (AvgIpc) is 3.12. The summed E-state index contributed by atoms with van der Waals surface area (Å²) in [6, 6.07) is 7.72. The zero-order chi connectivity index (χ0) is 12.5. The summed E-state index contributed by atoms with van der Waals surface area (Å²) in [7, 11) is 0. The Morgan fingerprint density at radius 3 is 2.94 bits per heavy atom. The highest BCUT2D eigenvalue weighted by Gasteiger charge is 2.33. The van der Waals surface area contributed by atoms with Gasteiger partial charge in [0.2, 0.25) is 0 Å². The van der Waals surface area contributed by atoms with Crippen molar-refractivity contribution in [2.24, 2.45) is 5.73 Å². The lowest BCUT2D eigenvalue weighted by atomic mass is 10.0. The Hall–Kier alpha value is -1.06. The minimum atomic E-state index is 0.369. The van der Waals surface area contributed by atoms with Crippen molar-refractivity contribution in [1.82, 2.24) is 4.90 Å². The number of nitrogens with two attached hydrogens (primary N) is 1. The predicted molar refractivity (Wildman–Crippen MR) is 72.8 cm³/mol. The van der Waals surface area contributed by atoms with Crippen molar-refractivity contribution in [1.29, 1.82) is 0 Å². The lowest BCUT2D eigenvalue weighted by Crippen LogP contribution is -2.35. The van der Waals surface area contributed by atoms with E-state index in [1.165, 1.54) is 24.0 Å². The van der Waals surface area contributed by atoms with Gasteiger partial charge in [-0.25, -0.2) is 0 Å². The molecule has 1 atom stereocenters. The average molecular weight is 246 g/mol. The van der Waals surface area contributed by atoms with E-state index in [4.69, 9.17) is 10.5 Å². The number of likely N-dealkylation sites (N-methyl/N-ethyl adjacent to an activating group) is 1. The molecule has 1 fully saturated rings. The van der Waals surface area contributed by atoms with Crippen LogP contribution >= 0.6 is 0 Å². The van der Waals surface area contributed by atoms with Gasteiger partial charge in [-0.3, -0.25) is 4.90 Å². The third-order valence-corrected chi connectivity index (χ3v) is 4.10. The van der Waals surface area contributed by atoms with Gasteiger partial charge in [0.05, 0.1) is 6.61 Å². The Bertz CT molecular complexity index is 429. The molecule has 1 aromatic carbocycles. The van der Waals surface area contributed by atoms with Crippen molar-refractivity contribution in [3.8, 4) is 5.75 Å². The molecule has 0 saturated heterocycles. The quantitative estimate of drug-likeness (QED) is 0.864. The Balaban J connectivity index is 1.86. The van der Waals surface area contributed by atoms with E-state index < -0.39 is 0 Å². The second kappa shape index (κ2) is 4.90. The first kappa shape index (κ1) is 12.0. The Morgan fingerprint density at radius 2 is 2.28 bits per heavy atom. The van der Waals surface area contributed by atoms with Gasteiger partial charge in [-0.05, 0) is 36.6 Å². The fourth-order valence-corrected chi connectivity index (χ4v) is 3.02. The fourth-order valence-electron chi connectivity index (χ4n) is 3.02. The van der Waals surface area contributed by atoms with Crippen molar-refractivity contribution in [2.75, 3.05) is 19.7 Å². The molecule has 0 bridgehead atoms. The van der Waals surface area contributed by atoms with Crippen molar-refractivity contribution < 1.29 is 4.74 Å². The van der Waals surface area contributed by atoms with Crippen LogP contribution in [0.5, 0.6) is 5.75 Å². The number of ether oxygens (including phenoxy) is 1. The highest BCUT2D eigenvalue weighted by atomic mass is 16.5. The number of hydrogen-bond acceptors (Lipinski definition) is 3. The van der Waals surface area contributed by atoms with Gasteiger partial charge in [-0.15, -0.1) is 0 Å². The van der Waals surface area contributed by atoms with Crippen molar-refractivity contribution in [2.45, 2.75) is 38.3 Å². The number of benzene rings is 1. The molecule has 3 heteroatoms. The molecule has 1 unspecified atom stereocenters. The van der Waals surface area contributed by atoms with Gasteiger partial charge in [0.15, 0.2) is 0 Å². The van der Waals surface area contributed by atoms with Crippen LogP contribution in [0.1, 0.15) is 36.9 Å². The predicted octanol–water partition coefficient (Wildman–Crippen LogP) is 2.11. The highest BCUT2D eigenvalue weighted by molar-refractivity contribution is 5.41. The normalized spacial score (nSPS) is 19.7.